The third kappa shape index (κ3) is 6.09. The number of halogens is 4. The molecule has 33 heavy (non-hydrogen) atoms. The van der Waals surface area contributed by atoms with Gasteiger partial charge in [-0.05, 0) is 56.2 Å². The minimum atomic E-state index is -4.48. The largest absolute Gasteiger partial charge is 0.452 e. The highest BCUT2D eigenvalue weighted by Crippen LogP contribution is 2.29. The average molecular weight is 466 g/mol. The molecule has 2 aromatic carbocycles. The highest BCUT2D eigenvalue weighted by molar-refractivity contribution is 5.95. The summed E-state index contributed by atoms with van der Waals surface area (Å²) in [6, 6.07) is 9.55. The van der Waals surface area contributed by atoms with Crippen LogP contribution < -0.4 is 5.32 Å². The Morgan fingerprint density at radius 3 is 2.21 bits per heavy atom. The summed E-state index contributed by atoms with van der Waals surface area (Å²) in [5.74, 6) is -2.86. The normalized spacial score (nSPS) is 15.6. The van der Waals surface area contributed by atoms with E-state index in [1.807, 2.05) is 0 Å². The maximum absolute atomic E-state index is 13.7. The summed E-state index contributed by atoms with van der Waals surface area (Å²) in [5, 5.41) is 2.36. The van der Waals surface area contributed by atoms with E-state index in [4.69, 9.17) is 4.74 Å². The van der Waals surface area contributed by atoms with Gasteiger partial charge in [-0.2, -0.15) is 13.2 Å². The molecule has 3 rings (SSSR count). The van der Waals surface area contributed by atoms with Gasteiger partial charge in [0.05, 0.1) is 17.2 Å². The van der Waals surface area contributed by atoms with Crippen LogP contribution in [0.5, 0.6) is 0 Å². The molecule has 2 aromatic rings. The fourth-order valence-corrected chi connectivity index (χ4v) is 3.42. The smallest absolute Gasteiger partial charge is 0.416 e. The van der Waals surface area contributed by atoms with Crippen LogP contribution in [0.3, 0.4) is 0 Å². The van der Waals surface area contributed by atoms with E-state index in [1.165, 1.54) is 30.0 Å². The van der Waals surface area contributed by atoms with Gasteiger partial charge in [0, 0.05) is 18.7 Å². The van der Waals surface area contributed by atoms with Gasteiger partial charge in [-0.25, -0.2) is 4.39 Å². The van der Waals surface area contributed by atoms with E-state index >= 15 is 0 Å². The second-order valence-electron chi connectivity index (χ2n) is 7.69. The van der Waals surface area contributed by atoms with Gasteiger partial charge in [-0.1, -0.05) is 12.1 Å². The molecule has 2 amide bonds. The third-order valence-corrected chi connectivity index (χ3v) is 5.37. The molecule has 0 spiro atoms. The molecule has 0 bridgehead atoms. The lowest BCUT2D eigenvalue weighted by molar-refractivity contribution is -0.158. The van der Waals surface area contributed by atoms with Crippen molar-refractivity contribution in [1.82, 2.24) is 4.90 Å². The van der Waals surface area contributed by atoms with Crippen molar-refractivity contribution in [3.63, 3.8) is 0 Å². The topological polar surface area (TPSA) is 75.7 Å². The van der Waals surface area contributed by atoms with Crippen molar-refractivity contribution in [1.29, 1.82) is 0 Å². The number of anilines is 1. The van der Waals surface area contributed by atoms with Crippen molar-refractivity contribution in [3.8, 4) is 0 Å². The van der Waals surface area contributed by atoms with Crippen LogP contribution in [0, 0.1) is 11.7 Å². The van der Waals surface area contributed by atoms with Crippen LogP contribution in [0.1, 0.15) is 35.7 Å². The monoisotopic (exact) mass is 466 g/mol. The molecule has 10 heteroatoms. The van der Waals surface area contributed by atoms with E-state index in [1.54, 1.807) is 6.07 Å². The van der Waals surface area contributed by atoms with E-state index in [2.05, 4.69) is 5.32 Å². The summed E-state index contributed by atoms with van der Waals surface area (Å²) >= 11 is 0. The number of carbonyl (C=O) groups excluding carboxylic acids is 3. The number of alkyl halides is 3. The molecule has 0 aromatic heterocycles. The van der Waals surface area contributed by atoms with Gasteiger partial charge in [-0.3, -0.25) is 14.4 Å². The molecule has 1 saturated heterocycles. The Balaban J connectivity index is 1.49. The molecule has 0 radical (unpaired) electrons. The highest BCUT2D eigenvalue weighted by Gasteiger charge is 2.32. The van der Waals surface area contributed by atoms with Crippen LogP contribution in [-0.4, -0.2) is 41.9 Å². The fraction of sp³-hybridized carbons (Fsp3) is 0.348. The second kappa shape index (κ2) is 10.0. The van der Waals surface area contributed by atoms with Crippen LogP contribution in [-0.2, 0) is 20.5 Å². The van der Waals surface area contributed by atoms with E-state index in [-0.39, 0.29) is 37.2 Å². The Labute approximate surface area is 187 Å². The second-order valence-corrected chi connectivity index (χ2v) is 7.69. The molecule has 1 aliphatic rings. The number of rotatable bonds is 5. The number of hydrogen-bond acceptors (Lipinski definition) is 4. The Bertz CT molecular complexity index is 1020. The number of carbonyl (C=O) groups is 3. The minimum Gasteiger partial charge on any atom is -0.452 e. The summed E-state index contributed by atoms with van der Waals surface area (Å²) in [4.78, 5) is 38.6. The number of para-hydroxylation sites is 1. The van der Waals surface area contributed by atoms with Crippen LogP contribution >= 0.6 is 0 Å². The van der Waals surface area contributed by atoms with Crippen LogP contribution in [0.2, 0.25) is 0 Å². The molecule has 176 valence electrons. The molecule has 1 unspecified atom stereocenters. The van der Waals surface area contributed by atoms with Gasteiger partial charge in [-0.15, -0.1) is 0 Å². The van der Waals surface area contributed by atoms with Crippen molar-refractivity contribution < 1.29 is 36.7 Å². The highest BCUT2D eigenvalue weighted by atomic mass is 19.4. The number of hydrogen-bond donors (Lipinski definition) is 1. The molecule has 6 nitrogen and oxygen atoms in total. The number of likely N-dealkylation sites (tertiary alicyclic amines) is 1. The Hall–Kier alpha value is -3.43. The van der Waals surface area contributed by atoms with E-state index in [0.717, 1.165) is 24.3 Å². The number of ether oxygens (including phenoxy) is 1. The number of nitrogens with zero attached hydrogens (tertiary/aromatic N) is 1. The predicted molar refractivity (Wildman–Crippen MR) is 111 cm³/mol. The lowest BCUT2D eigenvalue weighted by Gasteiger charge is -2.31. The standard InChI is InChI=1S/C23H22F4N2O4/c1-14(20(30)28-19-5-3-2-4-18(19)24)33-22(32)16-10-12-29(13-11-16)21(31)15-6-8-17(9-7-15)23(25,26)27/h2-9,14,16H,10-13H2,1H3,(H,28,30). The first-order chi connectivity index (χ1) is 15.6. The summed E-state index contributed by atoms with van der Waals surface area (Å²) in [6.45, 7) is 1.81. The molecule has 0 aliphatic carbocycles. The SMILES string of the molecule is CC(OC(=O)C1CCN(C(=O)c2ccc(C(F)(F)F)cc2)CC1)C(=O)Nc1ccccc1F. The van der Waals surface area contributed by atoms with Crippen LogP contribution in [0.4, 0.5) is 23.2 Å². The maximum Gasteiger partial charge on any atom is 0.416 e. The zero-order chi connectivity index (χ0) is 24.2. The molecule has 0 saturated carbocycles. The average Bonchev–Trinajstić information content (AvgIpc) is 2.79. The Morgan fingerprint density at radius 2 is 1.64 bits per heavy atom. The summed E-state index contributed by atoms with van der Waals surface area (Å²) in [6.07, 6.45) is -5.06. The van der Waals surface area contributed by atoms with Crippen molar-refractivity contribution in [2.75, 3.05) is 18.4 Å². The Morgan fingerprint density at radius 1 is 1.03 bits per heavy atom. The molecule has 1 heterocycles. The third-order valence-electron chi connectivity index (χ3n) is 5.37. The van der Waals surface area contributed by atoms with E-state index < -0.39 is 47.4 Å². The van der Waals surface area contributed by atoms with Crippen LogP contribution in [0.15, 0.2) is 48.5 Å². The minimum absolute atomic E-state index is 0.0273. The number of piperidine rings is 1. The van der Waals surface area contributed by atoms with E-state index in [0.29, 0.717) is 0 Å². The van der Waals surface area contributed by atoms with Gasteiger partial charge in [0.25, 0.3) is 11.8 Å². The molecule has 1 N–H and O–H groups in total. The molecular formula is C23H22F4N2O4. The molecule has 1 aliphatic heterocycles. The molecule has 1 fully saturated rings. The summed E-state index contributed by atoms with van der Waals surface area (Å²) in [7, 11) is 0. The first-order valence-electron chi connectivity index (χ1n) is 10.3. The zero-order valence-corrected chi connectivity index (χ0v) is 17.7. The summed E-state index contributed by atoms with van der Waals surface area (Å²) < 4.78 is 56.9. The summed E-state index contributed by atoms with van der Waals surface area (Å²) in [5.41, 5.74) is -0.739. The van der Waals surface area contributed by atoms with Crippen molar-refractivity contribution >= 4 is 23.5 Å². The number of nitrogens with one attached hydrogen (secondary N) is 1. The lowest BCUT2D eigenvalue weighted by Crippen LogP contribution is -2.41. The number of esters is 1. The van der Waals surface area contributed by atoms with Gasteiger partial charge in [0.1, 0.15) is 5.82 Å². The molecular weight excluding hydrogens is 444 g/mol. The lowest BCUT2D eigenvalue weighted by atomic mass is 9.96. The van der Waals surface area contributed by atoms with E-state index in [9.17, 15) is 31.9 Å². The first kappa shape index (κ1) is 24.2. The molecule has 1 atom stereocenters. The van der Waals surface area contributed by atoms with Gasteiger partial charge in [0.15, 0.2) is 6.10 Å². The van der Waals surface area contributed by atoms with Gasteiger partial charge < -0.3 is 15.0 Å². The van der Waals surface area contributed by atoms with Crippen molar-refractivity contribution in [2.24, 2.45) is 5.92 Å². The zero-order valence-electron chi connectivity index (χ0n) is 17.7. The van der Waals surface area contributed by atoms with Gasteiger partial charge in [0.2, 0.25) is 0 Å². The number of amides is 2. The number of benzene rings is 2. The first-order valence-corrected chi connectivity index (χ1v) is 10.3. The van der Waals surface area contributed by atoms with Crippen molar-refractivity contribution in [3.05, 3.63) is 65.5 Å². The van der Waals surface area contributed by atoms with Crippen LogP contribution in [0.25, 0.3) is 0 Å². The fourth-order valence-electron chi connectivity index (χ4n) is 3.42. The maximum atomic E-state index is 13.7. The van der Waals surface area contributed by atoms with Gasteiger partial charge >= 0.3 is 12.1 Å². The quantitative estimate of drug-likeness (QED) is 0.528. The predicted octanol–water partition coefficient (Wildman–Crippen LogP) is 4.27. The Kier molecular flexibility index (Phi) is 7.35. The van der Waals surface area contributed by atoms with Crippen molar-refractivity contribution in [2.45, 2.75) is 32.0 Å².